The van der Waals surface area contributed by atoms with Gasteiger partial charge in [0.1, 0.15) is 10.8 Å². The summed E-state index contributed by atoms with van der Waals surface area (Å²) in [6.07, 6.45) is 0. The first-order chi connectivity index (χ1) is 12.7. The molecule has 0 fully saturated rings. The number of ether oxygens (including phenoxy) is 1. The van der Waals surface area contributed by atoms with Crippen LogP contribution in [-0.2, 0) is 10.5 Å². The normalized spacial score (nSPS) is 10.5. The molecule has 0 saturated heterocycles. The highest BCUT2D eigenvalue weighted by Crippen LogP contribution is 2.27. The van der Waals surface area contributed by atoms with Crippen molar-refractivity contribution in [2.24, 2.45) is 0 Å². The molecule has 3 aromatic rings. The van der Waals surface area contributed by atoms with Gasteiger partial charge in [-0.1, -0.05) is 12.1 Å². The monoisotopic (exact) mass is 448 g/mol. The zero-order valence-electron chi connectivity index (χ0n) is 14.1. The standard InChI is InChI=1S/C19H17BrN2O2S2/c1-24-15-8-6-13(7-9-15)19-21-14(11-26-19)10-25-12-18(23)22-17-5-3-2-4-16(17)20/h2-9,11H,10,12H2,1H3,(H,22,23). The first-order valence-corrected chi connectivity index (χ1v) is 10.7. The minimum atomic E-state index is -0.0208. The topological polar surface area (TPSA) is 51.2 Å². The molecule has 1 amide bonds. The second-order valence-electron chi connectivity index (χ2n) is 5.39. The minimum Gasteiger partial charge on any atom is -0.497 e. The number of carbonyl (C=O) groups excluding carboxylic acids is 1. The van der Waals surface area contributed by atoms with Crippen LogP contribution in [-0.4, -0.2) is 23.8 Å². The summed E-state index contributed by atoms with van der Waals surface area (Å²) in [7, 11) is 1.65. The van der Waals surface area contributed by atoms with Gasteiger partial charge in [0.2, 0.25) is 5.91 Å². The zero-order valence-corrected chi connectivity index (χ0v) is 17.3. The van der Waals surface area contributed by atoms with Crippen molar-refractivity contribution in [3.8, 4) is 16.3 Å². The van der Waals surface area contributed by atoms with Gasteiger partial charge in [0.05, 0.1) is 24.2 Å². The largest absolute Gasteiger partial charge is 0.497 e. The molecule has 0 spiro atoms. The molecule has 0 aliphatic rings. The van der Waals surface area contributed by atoms with Crippen LogP contribution in [0.25, 0.3) is 10.6 Å². The molecule has 0 aliphatic carbocycles. The van der Waals surface area contributed by atoms with Gasteiger partial charge >= 0.3 is 0 Å². The number of anilines is 1. The van der Waals surface area contributed by atoms with Crippen molar-refractivity contribution in [3.05, 3.63) is 64.1 Å². The Morgan fingerprint density at radius 3 is 2.73 bits per heavy atom. The van der Waals surface area contributed by atoms with Crippen LogP contribution in [0, 0.1) is 0 Å². The zero-order chi connectivity index (χ0) is 18.4. The maximum absolute atomic E-state index is 12.1. The molecule has 26 heavy (non-hydrogen) atoms. The summed E-state index contributed by atoms with van der Waals surface area (Å²) in [5.41, 5.74) is 2.84. The SMILES string of the molecule is COc1ccc(-c2nc(CSCC(=O)Nc3ccccc3Br)cs2)cc1. The molecule has 0 unspecified atom stereocenters. The third-order valence-corrected chi connectivity index (χ3v) is 6.12. The molecule has 1 heterocycles. The Balaban J connectivity index is 1.50. The van der Waals surface area contributed by atoms with E-state index in [9.17, 15) is 4.79 Å². The number of methoxy groups -OCH3 is 1. The van der Waals surface area contributed by atoms with E-state index in [1.807, 2.05) is 53.9 Å². The summed E-state index contributed by atoms with van der Waals surface area (Å²) >= 11 is 6.58. The van der Waals surface area contributed by atoms with Crippen molar-refractivity contribution in [1.29, 1.82) is 0 Å². The van der Waals surface area contributed by atoms with Crippen LogP contribution in [0.15, 0.2) is 58.4 Å². The molecule has 4 nitrogen and oxygen atoms in total. The van der Waals surface area contributed by atoms with Gasteiger partial charge in [-0.15, -0.1) is 23.1 Å². The van der Waals surface area contributed by atoms with Crippen LogP contribution in [0.1, 0.15) is 5.69 Å². The van der Waals surface area contributed by atoms with E-state index >= 15 is 0 Å². The van der Waals surface area contributed by atoms with Crippen LogP contribution in [0.5, 0.6) is 5.75 Å². The fourth-order valence-corrected chi connectivity index (χ4v) is 4.27. The quantitative estimate of drug-likeness (QED) is 0.521. The highest BCUT2D eigenvalue weighted by Gasteiger charge is 2.08. The summed E-state index contributed by atoms with van der Waals surface area (Å²) < 4.78 is 6.05. The minimum absolute atomic E-state index is 0.0208. The summed E-state index contributed by atoms with van der Waals surface area (Å²) in [5.74, 6) is 1.90. The molecule has 134 valence electrons. The van der Waals surface area contributed by atoms with E-state index in [-0.39, 0.29) is 5.91 Å². The Morgan fingerprint density at radius 2 is 2.00 bits per heavy atom. The van der Waals surface area contributed by atoms with Crippen molar-refractivity contribution in [2.75, 3.05) is 18.2 Å². The van der Waals surface area contributed by atoms with E-state index in [2.05, 4.69) is 26.2 Å². The van der Waals surface area contributed by atoms with Gasteiger partial charge < -0.3 is 10.1 Å². The number of hydrogen-bond donors (Lipinski definition) is 1. The van der Waals surface area contributed by atoms with E-state index in [0.717, 1.165) is 32.2 Å². The Bertz CT molecular complexity index is 881. The summed E-state index contributed by atoms with van der Waals surface area (Å²) in [5, 5.41) is 5.92. The molecule has 1 N–H and O–H groups in total. The fraction of sp³-hybridized carbons (Fsp3) is 0.158. The number of thioether (sulfide) groups is 1. The Morgan fingerprint density at radius 1 is 1.23 bits per heavy atom. The Hall–Kier alpha value is -1.83. The molecule has 2 aromatic carbocycles. The number of halogens is 1. The number of aromatic nitrogens is 1. The predicted octanol–water partition coefficient (Wildman–Crippen LogP) is 5.45. The molecule has 0 saturated carbocycles. The fourth-order valence-electron chi connectivity index (χ4n) is 2.24. The molecule has 0 bridgehead atoms. The lowest BCUT2D eigenvalue weighted by Gasteiger charge is -2.06. The highest BCUT2D eigenvalue weighted by atomic mass is 79.9. The maximum atomic E-state index is 12.1. The van der Waals surface area contributed by atoms with Crippen LogP contribution in [0.2, 0.25) is 0 Å². The number of carbonyl (C=O) groups is 1. The number of nitrogens with zero attached hydrogens (tertiary/aromatic N) is 1. The van der Waals surface area contributed by atoms with E-state index in [0.29, 0.717) is 11.5 Å². The highest BCUT2D eigenvalue weighted by molar-refractivity contribution is 9.10. The summed E-state index contributed by atoms with van der Waals surface area (Å²) in [6, 6.07) is 15.4. The van der Waals surface area contributed by atoms with Crippen molar-refractivity contribution in [2.45, 2.75) is 5.75 Å². The second-order valence-corrected chi connectivity index (χ2v) is 8.09. The van der Waals surface area contributed by atoms with Gasteiger partial charge in [0, 0.05) is 21.2 Å². The van der Waals surface area contributed by atoms with Gasteiger partial charge in [-0.05, 0) is 52.3 Å². The number of nitrogens with one attached hydrogen (secondary N) is 1. The first-order valence-electron chi connectivity index (χ1n) is 7.86. The van der Waals surface area contributed by atoms with Gasteiger partial charge in [-0.2, -0.15) is 0 Å². The smallest absolute Gasteiger partial charge is 0.234 e. The number of amides is 1. The third-order valence-electron chi connectivity index (χ3n) is 3.52. The first kappa shape index (κ1) is 18.9. The summed E-state index contributed by atoms with van der Waals surface area (Å²) in [6.45, 7) is 0. The van der Waals surface area contributed by atoms with Crippen molar-refractivity contribution in [1.82, 2.24) is 4.98 Å². The van der Waals surface area contributed by atoms with E-state index in [1.165, 1.54) is 0 Å². The van der Waals surface area contributed by atoms with Gasteiger partial charge in [0.25, 0.3) is 0 Å². The molecular formula is C19H17BrN2O2S2. The molecule has 1 aromatic heterocycles. The number of thiazole rings is 1. The van der Waals surface area contributed by atoms with Gasteiger partial charge in [-0.3, -0.25) is 4.79 Å². The molecule has 0 atom stereocenters. The van der Waals surface area contributed by atoms with E-state index < -0.39 is 0 Å². The molecule has 0 radical (unpaired) electrons. The lowest BCUT2D eigenvalue weighted by molar-refractivity contribution is -0.113. The Kier molecular flexibility index (Phi) is 6.71. The van der Waals surface area contributed by atoms with Crippen molar-refractivity contribution in [3.63, 3.8) is 0 Å². The van der Waals surface area contributed by atoms with Gasteiger partial charge in [-0.25, -0.2) is 4.98 Å². The maximum Gasteiger partial charge on any atom is 0.234 e. The summed E-state index contributed by atoms with van der Waals surface area (Å²) in [4.78, 5) is 16.7. The molecule has 7 heteroatoms. The average Bonchev–Trinajstić information content (AvgIpc) is 3.12. The van der Waals surface area contributed by atoms with Crippen LogP contribution in [0.4, 0.5) is 5.69 Å². The second kappa shape index (κ2) is 9.21. The number of benzene rings is 2. The molecule has 0 aliphatic heterocycles. The lowest BCUT2D eigenvalue weighted by Crippen LogP contribution is -2.14. The van der Waals surface area contributed by atoms with Crippen LogP contribution < -0.4 is 10.1 Å². The van der Waals surface area contributed by atoms with Gasteiger partial charge in [0.15, 0.2) is 0 Å². The predicted molar refractivity (Wildman–Crippen MR) is 113 cm³/mol. The van der Waals surface area contributed by atoms with Crippen LogP contribution in [0.3, 0.4) is 0 Å². The third kappa shape index (κ3) is 5.09. The number of hydrogen-bond acceptors (Lipinski definition) is 5. The van der Waals surface area contributed by atoms with Crippen molar-refractivity contribution < 1.29 is 9.53 Å². The average molecular weight is 449 g/mol. The lowest BCUT2D eigenvalue weighted by atomic mass is 10.2. The number of para-hydroxylation sites is 1. The molecular weight excluding hydrogens is 432 g/mol. The Labute approximate surface area is 169 Å². The van der Waals surface area contributed by atoms with Crippen LogP contribution >= 0.6 is 39.0 Å². The number of rotatable bonds is 7. The van der Waals surface area contributed by atoms with Crippen molar-refractivity contribution >= 4 is 50.6 Å². The van der Waals surface area contributed by atoms with E-state index in [4.69, 9.17) is 4.74 Å². The van der Waals surface area contributed by atoms with E-state index in [1.54, 1.807) is 30.2 Å². The molecule has 3 rings (SSSR count).